The van der Waals surface area contributed by atoms with Crippen LogP contribution in [0.4, 0.5) is 10.2 Å². The number of amides is 2. The monoisotopic (exact) mass is 376 g/mol. The number of hydrogen-bond donors (Lipinski definition) is 1. The lowest BCUT2D eigenvalue weighted by Gasteiger charge is -2.36. The van der Waals surface area contributed by atoms with E-state index in [9.17, 15) is 14.0 Å². The summed E-state index contributed by atoms with van der Waals surface area (Å²) in [6, 6.07) is 7.35. The highest BCUT2D eigenvalue weighted by molar-refractivity contribution is 6.31. The van der Waals surface area contributed by atoms with E-state index < -0.39 is 11.7 Å². The molecular weight excluding hydrogens is 359 g/mol. The minimum Gasteiger partial charge on any atom is -0.355 e. The Hall–Kier alpha value is -2.67. The fourth-order valence-electron chi connectivity index (χ4n) is 2.91. The van der Waals surface area contributed by atoms with Crippen molar-refractivity contribution >= 4 is 29.2 Å². The summed E-state index contributed by atoms with van der Waals surface area (Å²) >= 11 is 5.87. The van der Waals surface area contributed by atoms with Gasteiger partial charge in [-0.15, -0.1) is 0 Å². The molecule has 1 fully saturated rings. The van der Waals surface area contributed by atoms with Crippen LogP contribution in [-0.4, -0.2) is 54.9 Å². The van der Waals surface area contributed by atoms with Crippen LogP contribution in [0.3, 0.4) is 0 Å². The van der Waals surface area contributed by atoms with Crippen molar-refractivity contribution in [1.29, 1.82) is 0 Å². The van der Waals surface area contributed by atoms with Crippen LogP contribution in [0.1, 0.15) is 20.7 Å². The molecule has 8 heteroatoms. The fourth-order valence-corrected chi connectivity index (χ4v) is 3.09. The van der Waals surface area contributed by atoms with Gasteiger partial charge < -0.3 is 15.1 Å². The number of pyridine rings is 1. The van der Waals surface area contributed by atoms with E-state index in [4.69, 9.17) is 11.6 Å². The number of nitrogens with zero attached hydrogens (tertiary/aromatic N) is 3. The van der Waals surface area contributed by atoms with Gasteiger partial charge in [0.25, 0.3) is 11.8 Å². The summed E-state index contributed by atoms with van der Waals surface area (Å²) in [5, 5.41) is 2.91. The second-order valence-corrected chi connectivity index (χ2v) is 6.29. The van der Waals surface area contributed by atoms with Gasteiger partial charge in [-0.25, -0.2) is 9.37 Å². The molecule has 1 aromatic carbocycles. The molecule has 1 saturated heterocycles. The van der Waals surface area contributed by atoms with E-state index in [1.807, 2.05) is 4.90 Å². The SMILES string of the molecule is CNC(=O)c1cccnc1N1CCN(C(=O)c2cc(Cl)ccc2F)CC1. The Morgan fingerprint density at radius 2 is 1.88 bits per heavy atom. The Balaban J connectivity index is 1.73. The van der Waals surface area contributed by atoms with Crippen LogP contribution in [0.2, 0.25) is 5.02 Å². The number of benzene rings is 1. The Bertz CT molecular complexity index is 838. The minimum atomic E-state index is -0.589. The molecule has 0 spiro atoms. The van der Waals surface area contributed by atoms with Crippen molar-refractivity contribution in [2.24, 2.45) is 0 Å². The van der Waals surface area contributed by atoms with Crippen LogP contribution >= 0.6 is 11.6 Å². The lowest BCUT2D eigenvalue weighted by atomic mass is 10.1. The van der Waals surface area contributed by atoms with Gasteiger partial charge in [-0.3, -0.25) is 9.59 Å². The lowest BCUT2D eigenvalue weighted by Crippen LogP contribution is -2.49. The Morgan fingerprint density at radius 1 is 1.15 bits per heavy atom. The van der Waals surface area contributed by atoms with E-state index in [-0.39, 0.29) is 11.5 Å². The Morgan fingerprint density at radius 3 is 2.58 bits per heavy atom. The molecule has 1 N–H and O–H groups in total. The van der Waals surface area contributed by atoms with E-state index >= 15 is 0 Å². The van der Waals surface area contributed by atoms with E-state index in [0.29, 0.717) is 42.6 Å². The van der Waals surface area contributed by atoms with E-state index in [0.717, 1.165) is 0 Å². The topological polar surface area (TPSA) is 65.5 Å². The molecule has 1 aliphatic heterocycles. The van der Waals surface area contributed by atoms with Gasteiger partial charge in [0.2, 0.25) is 0 Å². The zero-order valence-corrected chi connectivity index (χ0v) is 15.0. The number of piperazine rings is 1. The molecule has 2 aromatic rings. The fraction of sp³-hybridized carbons (Fsp3) is 0.278. The highest BCUT2D eigenvalue weighted by atomic mass is 35.5. The maximum Gasteiger partial charge on any atom is 0.257 e. The number of anilines is 1. The van der Waals surface area contributed by atoms with Crippen LogP contribution in [0, 0.1) is 5.82 Å². The van der Waals surface area contributed by atoms with Gasteiger partial charge >= 0.3 is 0 Å². The average molecular weight is 377 g/mol. The number of aromatic nitrogens is 1. The Labute approximate surface area is 155 Å². The predicted octanol–water partition coefficient (Wildman–Crippen LogP) is 2.20. The summed E-state index contributed by atoms with van der Waals surface area (Å²) in [6.07, 6.45) is 1.63. The smallest absolute Gasteiger partial charge is 0.257 e. The van der Waals surface area contributed by atoms with Gasteiger partial charge in [-0.2, -0.15) is 0 Å². The first-order chi connectivity index (χ1) is 12.5. The number of hydrogen-bond acceptors (Lipinski definition) is 4. The Kier molecular flexibility index (Phi) is 5.37. The molecule has 1 aromatic heterocycles. The summed E-state index contributed by atoms with van der Waals surface area (Å²) in [5.41, 5.74) is 0.450. The van der Waals surface area contributed by atoms with Gasteiger partial charge in [0.15, 0.2) is 0 Å². The third-order valence-corrected chi connectivity index (χ3v) is 4.52. The van der Waals surface area contributed by atoms with Crippen molar-refractivity contribution < 1.29 is 14.0 Å². The predicted molar refractivity (Wildman–Crippen MR) is 97.2 cm³/mol. The normalized spacial score (nSPS) is 14.3. The molecule has 0 bridgehead atoms. The van der Waals surface area contributed by atoms with Crippen LogP contribution in [-0.2, 0) is 0 Å². The molecular formula is C18H18ClFN4O2. The van der Waals surface area contributed by atoms with Crippen molar-refractivity contribution in [3.05, 3.63) is 58.5 Å². The maximum atomic E-state index is 13.9. The van der Waals surface area contributed by atoms with Crippen molar-refractivity contribution in [2.45, 2.75) is 0 Å². The van der Waals surface area contributed by atoms with Crippen LogP contribution in [0.25, 0.3) is 0 Å². The molecule has 6 nitrogen and oxygen atoms in total. The van der Waals surface area contributed by atoms with Gasteiger partial charge in [-0.05, 0) is 30.3 Å². The molecule has 2 heterocycles. The van der Waals surface area contributed by atoms with Gasteiger partial charge in [0.1, 0.15) is 11.6 Å². The van der Waals surface area contributed by atoms with Gasteiger partial charge in [-0.1, -0.05) is 11.6 Å². The quantitative estimate of drug-likeness (QED) is 0.891. The number of rotatable bonds is 3. The summed E-state index contributed by atoms with van der Waals surface area (Å²) in [6.45, 7) is 1.78. The van der Waals surface area contributed by atoms with E-state index in [1.54, 1.807) is 30.3 Å². The lowest BCUT2D eigenvalue weighted by molar-refractivity contribution is 0.0741. The molecule has 0 saturated carbocycles. The summed E-state index contributed by atoms with van der Waals surface area (Å²) in [5.74, 6) is -0.619. The molecule has 136 valence electrons. The van der Waals surface area contributed by atoms with E-state index in [2.05, 4.69) is 10.3 Å². The summed E-state index contributed by atoms with van der Waals surface area (Å²) in [4.78, 5) is 32.4. The van der Waals surface area contributed by atoms with Crippen LogP contribution in [0.15, 0.2) is 36.5 Å². The number of carbonyl (C=O) groups is 2. The highest BCUT2D eigenvalue weighted by Gasteiger charge is 2.26. The van der Waals surface area contributed by atoms with Crippen molar-refractivity contribution in [3.63, 3.8) is 0 Å². The second-order valence-electron chi connectivity index (χ2n) is 5.86. The minimum absolute atomic E-state index is 0.0326. The largest absolute Gasteiger partial charge is 0.355 e. The first-order valence-electron chi connectivity index (χ1n) is 8.17. The van der Waals surface area contributed by atoms with Crippen molar-refractivity contribution in [3.8, 4) is 0 Å². The first-order valence-corrected chi connectivity index (χ1v) is 8.55. The molecule has 0 radical (unpaired) electrons. The van der Waals surface area contributed by atoms with Crippen LogP contribution in [0.5, 0.6) is 0 Å². The first kappa shape index (κ1) is 18.1. The molecule has 0 aliphatic carbocycles. The molecule has 26 heavy (non-hydrogen) atoms. The summed E-state index contributed by atoms with van der Waals surface area (Å²) < 4.78 is 13.9. The van der Waals surface area contributed by atoms with Gasteiger partial charge in [0.05, 0.1) is 11.1 Å². The zero-order valence-electron chi connectivity index (χ0n) is 14.2. The summed E-state index contributed by atoms with van der Waals surface area (Å²) in [7, 11) is 1.56. The van der Waals surface area contributed by atoms with Crippen molar-refractivity contribution in [2.75, 3.05) is 38.1 Å². The third kappa shape index (κ3) is 3.62. The van der Waals surface area contributed by atoms with Crippen molar-refractivity contribution in [1.82, 2.24) is 15.2 Å². The zero-order chi connectivity index (χ0) is 18.7. The van der Waals surface area contributed by atoms with Crippen LogP contribution < -0.4 is 10.2 Å². The molecule has 0 atom stereocenters. The standard InChI is InChI=1S/C18H18ClFN4O2/c1-21-17(25)13-3-2-6-22-16(13)23-7-9-24(10-8-23)18(26)14-11-12(19)4-5-15(14)20/h2-6,11H,7-10H2,1H3,(H,21,25). The molecule has 2 amide bonds. The molecule has 3 rings (SSSR count). The number of carbonyl (C=O) groups excluding carboxylic acids is 2. The second kappa shape index (κ2) is 7.70. The molecule has 0 unspecified atom stereocenters. The van der Waals surface area contributed by atoms with Gasteiger partial charge in [0, 0.05) is 44.4 Å². The van der Waals surface area contributed by atoms with E-state index in [1.165, 1.54) is 18.2 Å². The number of nitrogens with one attached hydrogen (secondary N) is 1. The molecule has 1 aliphatic rings. The third-order valence-electron chi connectivity index (χ3n) is 4.28. The highest BCUT2D eigenvalue weighted by Crippen LogP contribution is 2.21. The average Bonchev–Trinajstić information content (AvgIpc) is 2.69. The number of halogens is 2. The maximum absolute atomic E-state index is 13.9.